The molecule has 0 aromatic carbocycles. The van der Waals surface area contributed by atoms with Crippen LogP contribution in [-0.4, -0.2) is 16.0 Å². The van der Waals surface area contributed by atoms with Gasteiger partial charge < -0.3 is 0 Å². The first-order chi connectivity index (χ1) is 5.65. The molecule has 0 radical (unpaired) electrons. The van der Waals surface area contributed by atoms with Gasteiger partial charge in [0.15, 0.2) is 5.82 Å². The van der Waals surface area contributed by atoms with Crippen LogP contribution in [0.15, 0.2) is 4.99 Å². The van der Waals surface area contributed by atoms with Gasteiger partial charge in [0.25, 0.3) is 0 Å². The zero-order valence-corrected chi connectivity index (χ0v) is 7.38. The summed E-state index contributed by atoms with van der Waals surface area (Å²) in [5.41, 5.74) is 0.609. The van der Waals surface area contributed by atoms with E-state index in [-0.39, 0.29) is 5.82 Å². The number of isocyanates is 1. The molecule has 0 aliphatic rings. The first-order valence-electron chi connectivity index (χ1n) is 3.23. The molecule has 0 saturated carbocycles. The Balaban J connectivity index is 3.36. The van der Waals surface area contributed by atoms with E-state index in [1.165, 1.54) is 6.08 Å². The summed E-state index contributed by atoms with van der Waals surface area (Å²) >= 11 is 5.75. The first kappa shape index (κ1) is 8.84. The molecule has 62 valence electrons. The number of rotatable bonds is 1. The number of hydrogen-bond acceptors (Lipinski definition) is 4. The maximum atomic E-state index is 9.94. The summed E-state index contributed by atoms with van der Waals surface area (Å²) in [7, 11) is 0. The van der Waals surface area contributed by atoms with E-state index in [4.69, 9.17) is 11.6 Å². The molecular formula is C7H6ClN3O. The molecule has 1 aromatic heterocycles. The molecule has 0 aliphatic carbocycles. The van der Waals surface area contributed by atoms with Gasteiger partial charge >= 0.3 is 0 Å². The van der Waals surface area contributed by atoms with E-state index in [9.17, 15) is 4.79 Å². The number of aliphatic imine (C=N–C) groups is 1. The van der Waals surface area contributed by atoms with Crippen molar-refractivity contribution in [2.24, 2.45) is 4.99 Å². The lowest BCUT2D eigenvalue weighted by Crippen LogP contribution is -1.91. The van der Waals surface area contributed by atoms with E-state index in [0.717, 1.165) is 0 Å². The number of carbonyl (C=O) groups excluding carboxylic acids is 1. The van der Waals surface area contributed by atoms with E-state index in [1.54, 1.807) is 13.8 Å². The molecule has 0 spiro atoms. The molecule has 0 amide bonds. The molecule has 4 nitrogen and oxygen atoms in total. The molecule has 0 atom stereocenters. The average Bonchev–Trinajstić information content (AvgIpc) is 2.00. The van der Waals surface area contributed by atoms with Crippen molar-refractivity contribution < 1.29 is 4.79 Å². The topological polar surface area (TPSA) is 55.2 Å². The summed E-state index contributed by atoms with van der Waals surface area (Å²) in [5.74, 6) is 0.711. The summed E-state index contributed by atoms with van der Waals surface area (Å²) in [6.45, 7) is 3.42. The van der Waals surface area contributed by atoms with Crippen molar-refractivity contribution in [2.75, 3.05) is 0 Å². The number of aryl methyl sites for hydroxylation is 2. The lowest BCUT2D eigenvalue weighted by atomic mass is 10.4. The Bertz CT molecular complexity index is 358. The van der Waals surface area contributed by atoms with Gasteiger partial charge in [0, 0.05) is 0 Å². The molecule has 1 rings (SSSR count). The maximum Gasteiger partial charge on any atom is 0.242 e. The zero-order valence-electron chi connectivity index (χ0n) is 6.63. The van der Waals surface area contributed by atoms with E-state index in [1.807, 2.05) is 0 Å². The van der Waals surface area contributed by atoms with Crippen LogP contribution < -0.4 is 0 Å². The van der Waals surface area contributed by atoms with Gasteiger partial charge in [0.1, 0.15) is 10.8 Å². The van der Waals surface area contributed by atoms with Crippen molar-refractivity contribution >= 4 is 23.5 Å². The Labute approximate surface area is 74.3 Å². The van der Waals surface area contributed by atoms with Gasteiger partial charge in [-0.25, -0.2) is 14.8 Å². The molecule has 5 heteroatoms. The van der Waals surface area contributed by atoms with Crippen LogP contribution in [0.2, 0.25) is 5.02 Å². The third-order valence-electron chi connectivity index (χ3n) is 1.26. The Morgan fingerprint density at radius 1 is 1.42 bits per heavy atom. The summed E-state index contributed by atoms with van der Waals surface area (Å²) < 4.78 is 0. The summed E-state index contributed by atoms with van der Waals surface area (Å²) in [6, 6.07) is 0. The van der Waals surface area contributed by atoms with E-state index in [2.05, 4.69) is 15.0 Å². The third-order valence-corrected chi connectivity index (χ3v) is 1.71. The minimum absolute atomic E-state index is 0.177. The minimum Gasteiger partial charge on any atom is -0.237 e. The van der Waals surface area contributed by atoms with Crippen molar-refractivity contribution in [3.05, 3.63) is 16.5 Å². The molecule has 0 aliphatic heterocycles. The molecule has 12 heavy (non-hydrogen) atoms. The molecule has 1 aromatic rings. The molecule has 0 fully saturated rings. The Hall–Kier alpha value is -1.25. The van der Waals surface area contributed by atoms with Crippen molar-refractivity contribution in [2.45, 2.75) is 13.8 Å². The van der Waals surface area contributed by atoms with Gasteiger partial charge in [-0.1, -0.05) is 11.6 Å². The standard InChI is InChI=1S/C7H6ClN3O/c1-4-6(8)7(9-3-12)11-5(2)10-4/h1-2H3. The van der Waals surface area contributed by atoms with E-state index >= 15 is 0 Å². The lowest BCUT2D eigenvalue weighted by molar-refractivity contribution is 0.565. The van der Waals surface area contributed by atoms with Gasteiger partial charge in [0.2, 0.25) is 6.08 Å². The maximum absolute atomic E-state index is 9.94. The van der Waals surface area contributed by atoms with Crippen molar-refractivity contribution in [1.82, 2.24) is 9.97 Å². The number of nitrogens with zero attached hydrogens (tertiary/aromatic N) is 3. The van der Waals surface area contributed by atoms with Crippen LogP contribution in [0.1, 0.15) is 11.5 Å². The quantitative estimate of drug-likeness (QED) is 0.492. The summed E-state index contributed by atoms with van der Waals surface area (Å²) in [5, 5.41) is 0.295. The van der Waals surface area contributed by atoms with E-state index < -0.39 is 0 Å². The van der Waals surface area contributed by atoms with Crippen LogP contribution >= 0.6 is 11.6 Å². The fourth-order valence-corrected chi connectivity index (χ4v) is 0.925. The third kappa shape index (κ3) is 1.67. The second-order valence-corrected chi connectivity index (χ2v) is 2.57. The monoisotopic (exact) mass is 183 g/mol. The lowest BCUT2D eigenvalue weighted by Gasteiger charge is -1.99. The fraction of sp³-hybridized carbons (Fsp3) is 0.286. The van der Waals surface area contributed by atoms with Crippen LogP contribution in [0.25, 0.3) is 0 Å². The van der Waals surface area contributed by atoms with Gasteiger partial charge in [0.05, 0.1) is 5.69 Å². The second-order valence-electron chi connectivity index (χ2n) is 2.20. The first-order valence-corrected chi connectivity index (χ1v) is 3.61. The zero-order chi connectivity index (χ0) is 9.14. The van der Waals surface area contributed by atoms with Crippen LogP contribution in [0.4, 0.5) is 5.82 Å². The average molecular weight is 184 g/mol. The Morgan fingerprint density at radius 2 is 2.08 bits per heavy atom. The second kappa shape index (κ2) is 3.43. The fourth-order valence-electron chi connectivity index (χ4n) is 0.798. The highest BCUT2D eigenvalue weighted by atomic mass is 35.5. The van der Waals surface area contributed by atoms with Crippen LogP contribution in [0.3, 0.4) is 0 Å². The molecule has 0 unspecified atom stereocenters. The van der Waals surface area contributed by atoms with Crippen LogP contribution in [0.5, 0.6) is 0 Å². The van der Waals surface area contributed by atoms with Crippen molar-refractivity contribution in [1.29, 1.82) is 0 Å². The van der Waals surface area contributed by atoms with Crippen molar-refractivity contribution in [3.8, 4) is 0 Å². The van der Waals surface area contributed by atoms with Gasteiger partial charge in [-0.2, -0.15) is 0 Å². The van der Waals surface area contributed by atoms with E-state index in [0.29, 0.717) is 16.5 Å². The molecule has 0 N–H and O–H groups in total. The van der Waals surface area contributed by atoms with Gasteiger partial charge in [-0.15, -0.1) is 4.99 Å². The number of halogens is 1. The highest BCUT2D eigenvalue weighted by Crippen LogP contribution is 2.23. The summed E-state index contributed by atoms with van der Waals surface area (Å²) in [6.07, 6.45) is 1.38. The SMILES string of the molecule is Cc1nc(C)c(Cl)c(N=C=O)n1. The molecule has 0 saturated heterocycles. The smallest absolute Gasteiger partial charge is 0.237 e. The van der Waals surface area contributed by atoms with Crippen LogP contribution in [-0.2, 0) is 4.79 Å². The Morgan fingerprint density at radius 3 is 2.67 bits per heavy atom. The normalized spacial score (nSPS) is 9.25. The van der Waals surface area contributed by atoms with Gasteiger partial charge in [-0.05, 0) is 13.8 Å². The molecule has 0 bridgehead atoms. The number of aromatic nitrogens is 2. The highest BCUT2D eigenvalue weighted by Gasteiger charge is 2.05. The van der Waals surface area contributed by atoms with Gasteiger partial charge in [-0.3, -0.25) is 0 Å². The Kier molecular flexibility index (Phi) is 2.53. The predicted molar refractivity (Wildman–Crippen MR) is 44.3 cm³/mol. The van der Waals surface area contributed by atoms with Crippen LogP contribution in [0, 0.1) is 13.8 Å². The highest BCUT2D eigenvalue weighted by molar-refractivity contribution is 6.33. The summed E-state index contributed by atoms with van der Waals surface area (Å²) in [4.78, 5) is 21.1. The predicted octanol–water partition coefficient (Wildman–Crippen LogP) is 1.71. The minimum atomic E-state index is 0.177. The largest absolute Gasteiger partial charge is 0.242 e. The number of hydrogen-bond donors (Lipinski definition) is 0. The molecule has 1 heterocycles. The molecular weight excluding hydrogens is 178 g/mol. The van der Waals surface area contributed by atoms with Crippen molar-refractivity contribution in [3.63, 3.8) is 0 Å².